The summed E-state index contributed by atoms with van der Waals surface area (Å²) < 4.78 is 17.7. The van der Waals surface area contributed by atoms with E-state index in [2.05, 4.69) is 86.4 Å². The van der Waals surface area contributed by atoms with Gasteiger partial charge in [0, 0.05) is 12.2 Å². The molecular formula is C31H38N2O3S. The van der Waals surface area contributed by atoms with Crippen molar-refractivity contribution in [1.29, 1.82) is 0 Å². The Morgan fingerprint density at radius 1 is 0.946 bits per heavy atom. The molecule has 1 unspecified atom stereocenters. The van der Waals surface area contributed by atoms with Gasteiger partial charge in [-0.05, 0) is 103 Å². The van der Waals surface area contributed by atoms with Gasteiger partial charge in [0.1, 0.15) is 12.4 Å². The van der Waals surface area contributed by atoms with E-state index in [0.717, 1.165) is 48.6 Å². The van der Waals surface area contributed by atoms with Gasteiger partial charge in [0.2, 0.25) is 0 Å². The molecule has 196 valence electrons. The summed E-state index contributed by atoms with van der Waals surface area (Å²) >= 11 is 6.06. The van der Waals surface area contributed by atoms with Crippen LogP contribution in [0.25, 0.3) is 0 Å². The Balaban J connectivity index is 1.70. The predicted molar refractivity (Wildman–Crippen MR) is 156 cm³/mol. The number of methoxy groups -OCH3 is 2. The molecule has 37 heavy (non-hydrogen) atoms. The molecule has 0 bridgehead atoms. The van der Waals surface area contributed by atoms with E-state index < -0.39 is 0 Å². The van der Waals surface area contributed by atoms with E-state index in [1.807, 2.05) is 0 Å². The number of benzene rings is 3. The van der Waals surface area contributed by atoms with Crippen LogP contribution in [0.1, 0.15) is 53.3 Å². The molecule has 1 N–H and O–H groups in total. The number of thiocarbonyl (C=S) groups is 1. The third kappa shape index (κ3) is 5.85. The molecule has 0 fully saturated rings. The van der Waals surface area contributed by atoms with Crippen LogP contribution in [0.15, 0.2) is 48.5 Å². The van der Waals surface area contributed by atoms with Crippen LogP contribution in [0.5, 0.6) is 17.2 Å². The summed E-state index contributed by atoms with van der Waals surface area (Å²) in [4.78, 5) is 2.26. The maximum absolute atomic E-state index is 6.41. The summed E-state index contributed by atoms with van der Waals surface area (Å²) in [5.41, 5.74) is 8.42. The predicted octanol–water partition coefficient (Wildman–Crippen LogP) is 6.82. The van der Waals surface area contributed by atoms with E-state index >= 15 is 0 Å². The van der Waals surface area contributed by atoms with Crippen LogP contribution in [0.3, 0.4) is 0 Å². The lowest BCUT2D eigenvalue weighted by atomic mass is 9.92. The lowest BCUT2D eigenvalue weighted by Crippen LogP contribution is -2.44. The van der Waals surface area contributed by atoms with E-state index in [1.165, 1.54) is 27.8 Å². The highest BCUT2D eigenvalue weighted by molar-refractivity contribution is 7.80. The lowest BCUT2D eigenvalue weighted by Gasteiger charge is -2.39. The molecule has 5 nitrogen and oxygen atoms in total. The number of anilines is 1. The summed E-state index contributed by atoms with van der Waals surface area (Å²) in [5, 5.41) is 4.34. The molecule has 0 saturated heterocycles. The van der Waals surface area contributed by atoms with Gasteiger partial charge < -0.3 is 24.4 Å². The van der Waals surface area contributed by atoms with Crippen LogP contribution >= 0.6 is 12.2 Å². The van der Waals surface area contributed by atoms with Crippen LogP contribution < -0.4 is 19.5 Å². The molecule has 1 aliphatic rings. The number of hydrogen-bond acceptors (Lipinski definition) is 4. The van der Waals surface area contributed by atoms with Crippen molar-refractivity contribution in [2.45, 2.75) is 53.0 Å². The molecule has 3 aromatic rings. The van der Waals surface area contributed by atoms with Crippen LogP contribution in [0, 0.1) is 13.8 Å². The Morgan fingerprint density at radius 2 is 1.57 bits per heavy atom. The maximum atomic E-state index is 6.41. The van der Waals surface area contributed by atoms with Crippen molar-refractivity contribution in [3.05, 3.63) is 81.9 Å². The van der Waals surface area contributed by atoms with Crippen molar-refractivity contribution < 1.29 is 14.2 Å². The number of ether oxygens (including phenoxy) is 3. The first-order chi connectivity index (χ1) is 17.9. The molecule has 0 amide bonds. The van der Waals surface area contributed by atoms with Gasteiger partial charge in [-0.25, -0.2) is 0 Å². The lowest BCUT2D eigenvalue weighted by molar-refractivity contribution is 0.190. The highest BCUT2D eigenvalue weighted by Gasteiger charge is 2.32. The maximum Gasteiger partial charge on any atom is 0.174 e. The van der Waals surface area contributed by atoms with Gasteiger partial charge in [0.15, 0.2) is 16.6 Å². The van der Waals surface area contributed by atoms with Gasteiger partial charge in [0.05, 0.1) is 20.3 Å². The van der Waals surface area contributed by atoms with E-state index in [0.29, 0.717) is 17.5 Å². The van der Waals surface area contributed by atoms with Crippen molar-refractivity contribution in [3.8, 4) is 17.2 Å². The summed E-state index contributed by atoms with van der Waals surface area (Å²) in [5.74, 6) is 2.32. The Labute approximate surface area is 226 Å². The molecule has 0 radical (unpaired) electrons. The van der Waals surface area contributed by atoms with Crippen molar-refractivity contribution in [2.24, 2.45) is 0 Å². The third-order valence-corrected chi connectivity index (χ3v) is 7.43. The molecular weight excluding hydrogens is 480 g/mol. The standard InChI is InChI=1S/C31H38N2O3S/c1-7-22-10-9-11-23(8-2)30(22)32-31(37)33-13-12-24-17-28(34-5)29(35-6)18-26(24)27(33)19-36-25-15-20(3)14-21(4)16-25/h9-11,14-18,27H,7-8,12-13,19H2,1-6H3,(H,32,37). The fraction of sp³-hybridized carbons (Fsp3) is 0.387. The molecule has 0 aliphatic carbocycles. The molecule has 1 atom stereocenters. The minimum atomic E-state index is -0.0803. The number of rotatable bonds is 8. The second kappa shape index (κ2) is 11.9. The number of fused-ring (bicyclic) bond motifs is 1. The first-order valence-electron chi connectivity index (χ1n) is 13.0. The van der Waals surface area contributed by atoms with Gasteiger partial charge in [-0.2, -0.15) is 0 Å². The average Bonchev–Trinajstić information content (AvgIpc) is 2.90. The van der Waals surface area contributed by atoms with Crippen LogP contribution in [0.2, 0.25) is 0 Å². The van der Waals surface area contributed by atoms with Crippen molar-refractivity contribution in [2.75, 3.05) is 32.7 Å². The largest absolute Gasteiger partial charge is 0.493 e. The molecule has 1 heterocycles. The Morgan fingerprint density at radius 3 is 2.16 bits per heavy atom. The smallest absolute Gasteiger partial charge is 0.174 e. The number of nitrogens with zero attached hydrogens (tertiary/aromatic N) is 1. The van der Waals surface area contributed by atoms with Gasteiger partial charge in [-0.3, -0.25) is 0 Å². The highest BCUT2D eigenvalue weighted by Crippen LogP contribution is 2.39. The van der Waals surface area contributed by atoms with Gasteiger partial charge >= 0.3 is 0 Å². The van der Waals surface area contributed by atoms with Crippen molar-refractivity contribution in [3.63, 3.8) is 0 Å². The van der Waals surface area contributed by atoms with E-state index in [-0.39, 0.29) is 6.04 Å². The molecule has 0 saturated carbocycles. The van der Waals surface area contributed by atoms with Gasteiger partial charge in [-0.1, -0.05) is 38.1 Å². The second-order valence-corrected chi connectivity index (χ2v) is 9.97. The SMILES string of the molecule is CCc1cccc(CC)c1NC(=S)N1CCc2cc(OC)c(OC)cc2C1COc1cc(C)cc(C)c1. The average molecular weight is 519 g/mol. The van der Waals surface area contributed by atoms with E-state index in [9.17, 15) is 0 Å². The minimum absolute atomic E-state index is 0.0803. The second-order valence-electron chi connectivity index (χ2n) is 9.59. The van der Waals surface area contributed by atoms with Crippen LogP contribution in [0.4, 0.5) is 5.69 Å². The van der Waals surface area contributed by atoms with Gasteiger partial charge in [-0.15, -0.1) is 0 Å². The van der Waals surface area contributed by atoms with Crippen molar-refractivity contribution >= 4 is 23.0 Å². The zero-order valence-corrected chi connectivity index (χ0v) is 23.6. The normalized spacial score (nSPS) is 14.6. The fourth-order valence-electron chi connectivity index (χ4n) is 5.22. The summed E-state index contributed by atoms with van der Waals surface area (Å²) in [6.07, 6.45) is 2.74. The molecule has 6 heteroatoms. The summed E-state index contributed by atoms with van der Waals surface area (Å²) in [6.45, 7) is 9.79. The molecule has 0 spiro atoms. The first kappa shape index (κ1) is 26.8. The molecule has 0 aromatic heterocycles. The topological polar surface area (TPSA) is 43.0 Å². The molecule has 1 aliphatic heterocycles. The fourth-order valence-corrected chi connectivity index (χ4v) is 5.54. The highest BCUT2D eigenvalue weighted by atomic mass is 32.1. The van der Waals surface area contributed by atoms with E-state index in [1.54, 1.807) is 14.2 Å². The Kier molecular flexibility index (Phi) is 8.59. The number of nitrogens with one attached hydrogen (secondary N) is 1. The Bertz CT molecular complexity index is 1230. The minimum Gasteiger partial charge on any atom is -0.493 e. The summed E-state index contributed by atoms with van der Waals surface area (Å²) in [7, 11) is 3.35. The van der Waals surface area contributed by atoms with Gasteiger partial charge in [0.25, 0.3) is 0 Å². The number of aryl methyl sites for hydroxylation is 4. The first-order valence-corrected chi connectivity index (χ1v) is 13.4. The zero-order chi connectivity index (χ0) is 26.5. The monoisotopic (exact) mass is 518 g/mol. The Hall–Kier alpha value is -3.25. The van der Waals surface area contributed by atoms with Crippen LogP contribution in [-0.2, 0) is 19.3 Å². The van der Waals surface area contributed by atoms with Crippen molar-refractivity contribution in [1.82, 2.24) is 4.90 Å². The number of hydrogen-bond donors (Lipinski definition) is 1. The zero-order valence-electron chi connectivity index (χ0n) is 22.8. The molecule has 3 aromatic carbocycles. The van der Waals surface area contributed by atoms with E-state index in [4.69, 9.17) is 26.4 Å². The summed E-state index contributed by atoms with van der Waals surface area (Å²) in [6, 6.07) is 16.9. The third-order valence-electron chi connectivity index (χ3n) is 7.10. The number of para-hydroxylation sites is 1. The quantitative estimate of drug-likeness (QED) is 0.330. The molecule has 4 rings (SSSR count). The van der Waals surface area contributed by atoms with Crippen LogP contribution in [-0.4, -0.2) is 37.4 Å².